The van der Waals surface area contributed by atoms with E-state index >= 15 is 0 Å². The molecule has 2 heterocycles. The Morgan fingerprint density at radius 2 is 1.96 bits per heavy atom. The molecule has 5 heteroatoms. The molecule has 5 nitrogen and oxygen atoms in total. The van der Waals surface area contributed by atoms with Gasteiger partial charge in [-0.15, -0.1) is 0 Å². The predicted molar refractivity (Wildman–Crippen MR) is 98.2 cm³/mol. The predicted octanol–water partition coefficient (Wildman–Crippen LogP) is 4.02. The fraction of sp³-hybridized carbons (Fsp3) is 0.300. The van der Waals surface area contributed by atoms with E-state index in [9.17, 15) is 4.79 Å². The summed E-state index contributed by atoms with van der Waals surface area (Å²) in [5.41, 5.74) is 3.46. The highest BCUT2D eigenvalue weighted by Gasteiger charge is 2.14. The van der Waals surface area contributed by atoms with Crippen molar-refractivity contribution in [3.8, 4) is 5.75 Å². The number of carbonyl (C=O) groups excluding carboxylic acids is 1. The molecule has 0 saturated carbocycles. The minimum Gasteiger partial charge on any atom is -0.497 e. The van der Waals surface area contributed by atoms with E-state index in [-0.39, 0.29) is 5.91 Å². The second-order valence-electron chi connectivity index (χ2n) is 6.38. The number of carbonyl (C=O) groups is 1. The summed E-state index contributed by atoms with van der Waals surface area (Å²) < 4.78 is 7.44. The van der Waals surface area contributed by atoms with Gasteiger partial charge in [0.25, 0.3) is 5.91 Å². The van der Waals surface area contributed by atoms with E-state index in [1.165, 1.54) is 19.3 Å². The number of aromatic nitrogens is 2. The highest BCUT2D eigenvalue weighted by molar-refractivity contribution is 6.05. The number of nitrogens with zero attached hydrogens (tertiary/aromatic N) is 2. The zero-order chi connectivity index (χ0) is 17.2. The topological polar surface area (TPSA) is 56.1 Å². The molecule has 1 aliphatic heterocycles. The van der Waals surface area contributed by atoms with Crippen molar-refractivity contribution < 1.29 is 9.53 Å². The number of amides is 1. The van der Waals surface area contributed by atoms with E-state index in [0.717, 1.165) is 41.3 Å². The zero-order valence-electron chi connectivity index (χ0n) is 14.3. The molecule has 0 fully saturated rings. The summed E-state index contributed by atoms with van der Waals surface area (Å²) in [6, 6.07) is 13.0. The van der Waals surface area contributed by atoms with E-state index in [0.29, 0.717) is 5.56 Å². The van der Waals surface area contributed by atoms with Gasteiger partial charge in [-0.1, -0.05) is 6.42 Å². The third kappa shape index (κ3) is 3.09. The summed E-state index contributed by atoms with van der Waals surface area (Å²) in [7, 11) is 1.61. The van der Waals surface area contributed by atoms with Crippen LogP contribution in [0.5, 0.6) is 5.75 Å². The van der Waals surface area contributed by atoms with Gasteiger partial charge in [-0.3, -0.25) is 4.79 Å². The maximum absolute atomic E-state index is 12.4. The summed E-state index contributed by atoms with van der Waals surface area (Å²) in [5.74, 6) is 1.76. The maximum Gasteiger partial charge on any atom is 0.255 e. The smallest absolute Gasteiger partial charge is 0.255 e. The monoisotopic (exact) mass is 335 g/mol. The normalized spacial score (nSPS) is 14.0. The first-order valence-corrected chi connectivity index (χ1v) is 8.69. The summed E-state index contributed by atoms with van der Waals surface area (Å²) >= 11 is 0. The second kappa shape index (κ2) is 6.59. The molecule has 0 bridgehead atoms. The van der Waals surface area contributed by atoms with Crippen molar-refractivity contribution in [2.75, 3.05) is 12.4 Å². The average Bonchev–Trinajstić information content (AvgIpc) is 2.82. The van der Waals surface area contributed by atoms with Gasteiger partial charge in [0.15, 0.2) is 0 Å². The van der Waals surface area contributed by atoms with Crippen molar-refractivity contribution in [1.29, 1.82) is 0 Å². The van der Waals surface area contributed by atoms with Crippen molar-refractivity contribution in [3.63, 3.8) is 0 Å². The lowest BCUT2D eigenvalue weighted by molar-refractivity contribution is 0.102. The number of ether oxygens (including phenoxy) is 1. The minimum atomic E-state index is -0.136. The molecular formula is C20H21N3O2. The number of imidazole rings is 1. The first-order valence-electron chi connectivity index (χ1n) is 8.69. The molecule has 0 unspecified atom stereocenters. The lowest BCUT2D eigenvalue weighted by Crippen LogP contribution is -2.11. The number of hydrogen-bond donors (Lipinski definition) is 1. The summed E-state index contributed by atoms with van der Waals surface area (Å²) in [6.45, 7) is 1.03. The molecule has 0 aliphatic carbocycles. The van der Waals surface area contributed by atoms with Gasteiger partial charge >= 0.3 is 0 Å². The van der Waals surface area contributed by atoms with Crippen LogP contribution in [0.3, 0.4) is 0 Å². The molecule has 1 aromatic heterocycles. The molecular weight excluding hydrogens is 314 g/mol. The van der Waals surface area contributed by atoms with Crippen LogP contribution in [-0.2, 0) is 13.0 Å². The molecule has 3 aromatic rings. The summed E-state index contributed by atoms with van der Waals surface area (Å²) in [4.78, 5) is 17.2. The number of rotatable bonds is 3. The van der Waals surface area contributed by atoms with Crippen molar-refractivity contribution in [2.45, 2.75) is 32.2 Å². The molecule has 1 N–H and O–H groups in total. The van der Waals surface area contributed by atoms with Gasteiger partial charge in [0.2, 0.25) is 0 Å². The molecule has 0 radical (unpaired) electrons. The molecule has 0 saturated heterocycles. The van der Waals surface area contributed by atoms with E-state index in [1.807, 2.05) is 12.1 Å². The first kappa shape index (κ1) is 15.7. The number of nitrogens with one attached hydrogen (secondary N) is 1. The van der Waals surface area contributed by atoms with Crippen molar-refractivity contribution in [2.24, 2.45) is 0 Å². The summed E-state index contributed by atoms with van der Waals surface area (Å²) in [6.07, 6.45) is 4.70. The minimum absolute atomic E-state index is 0.136. The molecule has 1 amide bonds. The van der Waals surface area contributed by atoms with Crippen LogP contribution in [0.2, 0.25) is 0 Å². The Kier molecular flexibility index (Phi) is 4.14. The molecule has 0 spiro atoms. The second-order valence-corrected chi connectivity index (χ2v) is 6.38. The molecule has 128 valence electrons. The van der Waals surface area contributed by atoms with Gasteiger partial charge in [-0.05, 0) is 55.3 Å². The zero-order valence-corrected chi connectivity index (χ0v) is 14.3. The SMILES string of the molecule is COc1ccc(C(=O)Nc2ccc3c(c2)nc2n3CCCCC2)cc1. The van der Waals surface area contributed by atoms with Crippen LogP contribution in [0.1, 0.15) is 35.4 Å². The van der Waals surface area contributed by atoms with Crippen molar-refractivity contribution in [3.05, 3.63) is 53.9 Å². The van der Waals surface area contributed by atoms with Gasteiger partial charge in [0, 0.05) is 24.2 Å². The van der Waals surface area contributed by atoms with Crippen LogP contribution in [-0.4, -0.2) is 22.6 Å². The van der Waals surface area contributed by atoms with Crippen LogP contribution < -0.4 is 10.1 Å². The first-order chi connectivity index (χ1) is 12.2. The van der Waals surface area contributed by atoms with Gasteiger partial charge in [-0.2, -0.15) is 0 Å². The number of fused-ring (bicyclic) bond motifs is 3. The molecule has 4 rings (SSSR count). The van der Waals surface area contributed by atoms with Gasteiger partial charge in [0.1, 0.15) is 11.6 Å². The van der Waals surface area contributed by atoms with E-state index in [4.69, 9.17) is 9.72 Å². The van der Waals surface area contributed by atoms with Crippen LogP contribution in [0.4, 0.5) is 5.69 Å². The van der Waals surface area contributed by atoms with Crippen LogP contribution in [0.15, 0.2) is 42.5 Å². The number of hydrogen-bond acceptors (Lipinski definition) is 3. The summed E-state index contributed by atoms with van der Waals surface area (Å²) in [5, 5.41) is 2.95. The Balaban J connectivity index is 1.58. The Labute approximate surface area is 146 Å². The van der Waals surface area contributed by atoms with Gasteiger partial charge in [0.05, 0.1) is 18.1 Å². The lowest BCUT2D eigenvalue weighted by Gasteiger charge is -2.07. The Morgan fingerprint density at radius 3 is 2.76 bits per heavy atom. The average molecular weight is 335 g/mol. The third-order valence-corrected chi connectivity index (χ3v) is 4.72. The number of methoxy groups -OCH3 is 1. The Hall–Kier alpha value is -2.82. The standard InChI is InChI=1S/C20H21N3O2/c1-25-16-9-6-14(7-10-16)20(24)21-15-8-11-18-17(13-15)22-19-5-3-2-4-12-23(18)19/h6-11,13H,2-5,12H2,1H3,(H,21,24). The van der Waals surface area contributed by atoms with E-state index < -0.39 is 0 Å². The molecule has 0 atom stereocenters. The van der Waals surface area contributed by atoms with Gasteiger partial charge in [-0.25, -0.2) is 4.98 Å². The van der Waals surface area contributed by atoms with Crippen molar-refractivity contribution in [1.82, 2.24) is 9.55 Å². The fourth-order valence-corrected chi connectivity index (χ4v) is 3.37. The number of anilines is 1. The highest BCUT2D eigenvalue weighted by atomic mass is 16.5. The van der Waals surface area contributed by atoms with Crippen LogP contribution in [0, 0.1) is 0 Å². The maximum atomic E-state index is 12.4. The van der Waals surface area contributed by atoms with Crippen molar-refractivity contribution >= 4 is 22.6 Å². The third-order valence-electron chi connectivity index (χ3n) is 4.72. The van der Waals surface area contributed by atoms with Gasteiger partial charge < -0.3 is 14.6 Å². The van der Waals surface area contributed by atoms with Crippen LogP contribution >= 0.6 is 0 Å². The fourth-order valence-electron chi connectivity index (χ4n) is 3.37. The molecule has 25 heavy (non-hydrogen) atoms. The van der Waals surface area contributed by atoms with Crippen LogP contribution in [0.25, 0.3) is 11.0 Å². The molecule has 1 aliphatic rings. The Bertz CT molecular complexity index is 913. The van der Waals surface area contributed by atoms with E-state index in [2.05, 4.69) is 16.0 Å². The Morgan fingerprint density at radius 1 is 1.12 bits per heavy atom. The number of benzene rings is 2. The largest absolute Gasteiger partial charge is 0.497 e. The lowest BCUT2D eigenvalue weighted by atomic mass is 10.2. The highest BCUT2D eigenvalue weighted by Crippen LogP contribution is 2.24. The quantitative estimate of drug-likeness (QED) is 0.786. The van der Waals surface area contributed by atoms with E-state index in [1.54, 1.807) is 31.4 Å². The number of aryl methyl sites for hydroxylation is 2. The molecule has 2 aromatic carbocycles.